The molecule has 2 aromatic carbocycles. The van der Waals surface area contributed by atoms with Crippen LogP contribution in [0.25, 0.3) is 6.08 Å². The quantitative estimate of drug-likeness (QED) is 0.662. The van der Waals surface area contributed by atoms with Crippen molar-refractivity contribution in [2.45, 2.75) is 11.0 Å². The van der Waals surface area contributed by atoms with Crippen LogP contribution in [-0.2, 0) is 14.8 Å². The number of sulfonamides is 1. The summed E-state index contributed by atoms with van der Waals surface area (Å²) in [6.07, 6.45) is 2.56. The maximum Gasteiger partial charge on any atom is 0.244 e. The number of para-hydroxylation sites is 2. The SMILES string of the molecule is CNS(=O)(=O)c1cc(/C=C/C(=O)NCC2COc3ccccc3O2)ccc1OC. The molecule has 1 heterocycles. The lowest BCUT2D eigenvalue weighted by atomic mass is 10.2. The molecule has 1 aliphatic heterocycles. The van der Waals surface area contributed by atoms with Gasteiger partial charge in [-0.05, 0) is 43.0 Å². The van der Waals surface area contributed by atoms with Crippen molar-refractivity contribution in [2.24, 2.45) is 0 Å². The Balaban J connectivity index is 1.60. The second kappa shape index (κ2) is 8.97. The van der Waals surface area contributed by atoms with Crippen molar-refractivity contribution in [3.63, 3.8) is 0 Å². The summed E-state index contributed by atoms with van der Waals surface area (Å²) in [4.78, 5) is 12.1. The number of hydrogen-bond acceptors (Lipinski definition) is 6. The Hall–Kier alpha value is -3.04. The van der Waals surface area contributed by atoms with E-state index in [1.165, 1.54) is 38.4 Å². The van der Waals surface area contributed by atoms with Crippen molar-refractivity contribution >= 4 is 22.0 Å². The molecule has 0 spiro atoms. The molecule has 0 fully saturated rings. The first-order valence-electron chi connectivity index (χ1n) is 8.89. The van der Waals surface area contributed by atoms with Crippen LogP contribution in [0.4, 0.5) is 0 Å². The van der Waals surface area contributed by atoms with E-state index >= 15 is 0 Å². The van der Waals surface area contributed by atoms with E-state index < -0.39 is 10.0 Å². The Kier molecular flexibility index (Phi) is 6.40. The number of carbonyl (C=O) groups excluding carboxylic acids is 1. The van der Waals surface area contributed by atoms with Gasteiger partial charge in [-0.3, -0.25) is 4.79 Å². The van der Waals surface area contributed by atoms with Crippen molar-refractivity contribution in [2.75, 3.05) is 27.3 Å². The zero-order chi connectivity index (χ0) is 20.9. The number of benzene rings is 2. The largest absolute Gasteiger partial charge is 0.495 e. The molecule has 1 amide bonds. The summed E-state index contributed by atoms with van der Waals surface area (Å²) in [5.74, 6) is 1.21. The first kappa shape index (κ1) is 20.7. The molecule has 0 saturated heterocycles. The van der Waals surface area contributed by atoms with E-state index in [2.05, 4.69) is 10.0 Å². The van der Waals surface area contributed by atoms with Gasteiger partial charge in [-0.25, -0.2) is 13.1 Å². The van der Waals surface area contributed by atoms with Crippen LogP contribution in [0, 0.1) is 0 Å². The van der Waals surface area contributed by atoms with Gasteiger partial charge in [0.05, 0.1) is 13.7 Å². The third kappa shape index (κ3) is 5.07. The number of nitrogens with one attached hydrogen (secondary N) is 2. The minimum atomic E-state index is -3.69. The third-order valence-electron chi connectivity index (χ3n) is 4.24. The molecule has 1 unspecified atom stereocenters. The van der Waals surface area contributed by atoms with Crippen LogP contribution in [0.3, 0.4) is 0 Å². The van der Waals surface area contributed by atoms with Crippen molar-refractivity contribution in [3.05, 3.63) is 54.1 Å². The van der Waals surface area contributed by atoms with Crippen LogP contribution in [0.15, 0.2) is 53.4 Å². The number of amides is 1. The molecule has 3 rings (SSSR count). The van der Waals surface area contributed by atoms with Crippen LogP contribution < -0.4 is 24.2 Å². The van der Waals surface area contributed by atoms with E-state index in [1.807, 2.05) is 24.3 Å². The molecule has 1 aliphatic rings. The monoisotopic (exact) mass is 418 g/mol. The number of methoxy groups -OCH3 is 1. The highest BCUT2D eigenvalue weighted by Crippen LogP contribution is 2.30. The van der Waals surface area contributed by atoms with E-state index in [1.54, 1.807) is 6.07 Å². The van der Waals surface area contributed by atoms with Crippen molar-refractivity contribution in [1.82, 2.24) is 10.0 Å². The van der Waals surface area contributed by atoms with Gasteiger partial charge in [0.15, 0.2) is 11.5 Å². The van der Waals surface area contributed by atoms with Crippen LogP contribution >= 0.6 is 0 Å². The molecule has 29 heavy (non-hydrogen) atoms. The van der Waals surface area contributed by atoms with Crippen LogP contribution in [0.5, 0.6) is 17.2 Å². The lowest BCUT2D eigenvalue weighted by molar-refractivity contribution is -0.116. The Morgan fingerprint density at radius 1 is 1.24 bits per heavy atom. The molecule has 2 N–H and O–H groups in total. The first-order chi connectivity index (χ1) is 13.9. The topological polar surface area (TPSA) is 103 Å². The zero-order valence-corrected chi connectivity index (χ0v) is 16.9. The maximum atomic E-state index is 12.1. The van der Waals surface area contributed by atoms with Gasteiger partial charge in [-0.1, -0.05) is 18.2 Å². The van der Waals surface area contributed by atoms with E-state index in [9.17, 15) is 13.2 Å². The number of fused-ring (bicyclic) bond motifs is 1. The normalized spacial score (nSPS) is 15.9. The Morgan fingerprint density at radius 2 is 2.00 bits per heavy atom. The summed E-state index contributed by atoms with van der Waals surface area (Å²) >= 11 is 0. The maximum absolute atomic E-state index is 12.1. The highest BCUT2D eigenvalue weighted by Gasteiger charge is 2.21. The summed E-state index contributed by atoms with van der Waals surface area (Å²) < 4.78 is 43.0. The lowest BCUT2D eigenvalue weighted by Crippen LogP contribution is -2.40. The summed E-state index contributed by atoms with van der Waals surface area (Å²) in [5, 5.41) is 2.75. The Bertz CT molecular complexity index is 1020. The molecule has 154 valence electrons. The highest BCUT2D eigenvalue weighted by molar-refractivity contribution is 7.89. The number of hydrogen-bond donors (Lipinski definition) is 2. The van der Waals surface area contributed by atoms with Crippen molar-refractivity contribution < 1.29 is 27.4 Å². The molecule has 0 aromatic heterocycles. The molecule has 9 heteroatoms. The molecule has 1 atom stereocenters. The summed E-state index contributed by atoms with van der Waals surface area (Å²) in [5.41, 5.74) is 0.543. The van der Waals surface area contributed by atoms with E-state index in [0.29, 0.717) is 23.7 Å². The fourth-order valence-corrected chi connectivity index (χ4v) is 3.65. The van der Waals surface area contributed by atoms with Crippen molar-refractivity contribution in [1.29, 1.82) is 0 Å². The number of ether oxygens (including phenoxy) is 3. The zero-order valence-electron chi connectivity index (χ0n) is 16.0. The predicted octanol–water partition coefficient (Wildman–Crippen LogP) is 1.57. The Labute approximate surface area is 169 Å². The first-order valence-corrected chi connectivity index (χ1v) is 10.4. The van der Waals surface area contributed by atoms with Gasteiger partial charge in [0.25, 0.3) is 0 Å². The molecule has 0 aliphatic carbocycles. The molecule has 8 nitrogen and oxygen atoms in total. The van der Waals surface area contributed by atoms with Gasteiger partial charge < -0.3 is 19.5 Å². The Morgan fingerprint density at radius 3 is 2.72 bits per heavy atom. The van der Waals surface area contributed by atoms with Crippen molar-refractivity contribution in [3.8, 4) is 17.2 Å². The third-order valence-corrected chi connectivity index (χ3v) is 5.68. The number of carbonyl (C=O) groups is 1. The molecule has 2 aromatic rings. The molecule has 0 bridgehead atoms. The summed E-state index contributed by atoms with van der Waals surface area (Å²) in [6.45, 7) is 0.615. The fraction of sp³-hybridized carbons (Fsp3) is 0.250. The molecular weight excluding hydrogens is 396 g/mol. The second-order valence-corrected chi connectivity index (χ2v) is 8.05. The lowest BCUT2D eigenvalue weighted by Gasteiger charge is -2.26. The molecule has 0 saturated carbocycles. The second-order valence-electron chi connectivity index (χ2n) is 6.19. The van der Waals surface area contributed by atoms with Gasteiger partial charge in [-0.15, -0.1) is 0 Å². The van der Waals surface area contributed by atoms with E-state index in [-0.39, 0.29) is 29.2 Å². The van der Waals surface area contributed by atoms with E-state index in [0.717, 1.165) is 0 Å². The van der Waals surface area contributed by atoms with Gasteiger partial charge >= 0.3 is 0 Å². The van der Waals surface area contributed by atoms with Gasteiger partial charge in [0, 0.05) is 6.08 Å². The summed E-state index contributed by atoms with van der Waals surface area (Å²) in [6, 6.07) is 12.0. The molecular formula is C20H22N2O6S. The van der Waals surface area contributed by atoms with Gasteiger partial charge in [0.2, 0.25) is 15.9 Å². The standard InChI is InChI=1S/C20H22N2O6S/c1-21-29(24,25)19-11-14(7-9-18(19)26-2)8-10-20(23)22-12-15-13-27-16-5-3-4-6-17(16)28-15/h3-11,15,21H,12-13H2,1-2H3,(H,22,23)/b10-8+. The van der Waals surface area contributed by atoms with Crippen LogP contribution in [0.2, 0.25) is 0 Å². The number of rotatable bonds is 7. The van der Waals surface area contributed by atoms with Crippen LogP contribution in [-0.4, -0.2) is 47.7 Å². The van der Waals surface area contributed by atoms with E-state index in [4.69, 9.17) is 14.2 Å². The minimum absolute atomic E-state index is 0.00326. The minimum Gasteiger partial charge on any atom is -0.495 e. The van der Waals surface area contributed by atoms with Gasteiger partial charge in [0.1, 0.15) is 23.4 Å². The van der Waals surface area contributed by atoms with Gasteiger partial charge in [-0.2, -0.15) is 0 Å². The summed E-state index contributed by atoms with van der Waals surface area (Å²) in [7, 11) is -0.980. The predicted molar refractivity (Wildman–Crippen MR) is 108 cm³/mol. The van der Waals surface area contributed by atoms with Crippen LogP contribution in [0.1, 0.15) is 5.56 Å². The fourth-order valence-electron chi connectivity index (χ4n) is 2.73. The molecule has 0 radical (unpaired) electrons. The average Bonchev–Trinajstić information content (AvgIpc) is 2.75. The smallest absolute Gasteiger partial charge is 0.244 e. The highest BCUT2D eigenvalue weighted by atomic mass is 32.2. The average molecular weight is 418 g/mol.